The molecular weight excluding hydrogens is 92.1 g/mol. The van der Waals surface area contributed by atoms with Gasteiger partial charge in [0, 0.05) is 11.9 Å². The quantitative estimate of drug-likeness (QED) is 0.421. The first-order valence-electron chi connectivity index (χ1n) is 2.03. The molecule has 3 nitrogen and oxygen atoms in total. The first-order valence-corrected chi connectivity index (χ1v) is 2.03. The summed E-state index contributed by atoms with van der Waals surface area (Å²) in [6.07, 6.45) is 1.88. The van der Waals surface area contributed by atoms with Crippen LogP contribution in [0.3, 0.4) is 0 Å². The molecule has 0 radical (unpaired) electrons. The van der Waals surface area contributed by atoms with Gasteiger partial charge in [-0.1, -0.05) is 0 Å². The van der Waals surface area contributed by atoms with Crippen LogP contribution < -0.4 is 11.1 Å². The van der Waals surface area contributed by atoms with Gasteiger partial charge in [-0.25, -0.2) is 0 Å². The molecule has 1 heterocycles. The Hall–Kier alpha value is -0.990. The van der Waals surface area contributed by atoms with Crippen molar-refractivity contribution < 1.29 is 4.79 Å². The number of nitrogens with two attached hydrogens (primary N) is 1. The zero-order valence-corrected chi connectivity index (χ0v) is 3.77. The Morgan fingerprint density at radius 1 is 1.86 bits per heavy atom. The molecule has 0 saturated heterocycles. The molecule has 0 unspecified atom stereocenters. The number of rotatable bonds is 0. The highest BCUT2D eigenvalue weighted by Gasteiger charge is 2.06. The van der Waals surface area contributed by atoms with E-state index in [0.29, 0.717) is 12.1 Å². The Kier molecular flexibility index (Phi) is 0.749. The third kappa shape index (κ3) is 0.707. The van der Waals surface area contributed by atoms with Crippen LogP contribution >= 0.6 is 0 Å². The second-order valence-electron chi connectivity index (χ2n) is 1.46. The molecule has 0 atom stereocenters. The average Bonchev–Trinajstić information content (AvgIpc) is 1.87. The molecule has 0 saturated carbocycles. The molecule has 0 aromatic rings. The van der Waals surface area contributed by atoms with E-state index < -0.39 is 0 Å². The third-order valence-electron chi connectivity index (χ3n) is 0.783. The molecule has 7 heavy (non-hydrogen) atoms. The van der Waals surface area contributed by atoms with Crippen LogP contribution in [-0.2, 0) is 4.79 Å². The van der Waals surface area contributed by atoms with Gasteiger partial charge in [-0.2, -0.15) is 0 Å². The standard InChI is InChI=1S/C4H6N2O/c5-3-1-4(7)6-2-3/h2H,1,5H2,(H,6,7). The summed E-state index contributed by atoms with van der Waals surface area (Å²) in [7, 11) is 0. The lowest BCUT2D eigenvalue weighted by molar-refractivity contribution is -0.118. The molecule has 0 aromatic heterocycles. The summed E-state index contributed by atoms with van der Waals surface area (Å²) in [4.78, 5) is 10.2. The van der Waals surface area contributed by atoms with Crippen LogP contribution in [0.25, 0.3) is 0 Å². The Balaban J connectivity index is 2.58. The maximum Gasteiger partial charge on any atom is 0.229 e. The van der Waals surface area contributed by atoms with Gasteiger partial charge in [0.05, 0.1) is 6.42 Å². The van der Waals surface area contributed by atoms with E-state index in [1.165, 1.54) is 6.20 Å². The molecule has 1 rings (SSSR count). The maximum atomic E-state index is 10.2. The minimum Gasteiger partial charge on any atom is -0.400 e. The third-order valence-corrected chi connectivity index (χ3v) is 0.783. The molecule has 0 bridgehead atoms. The summed E-state index contributed by atoms with van der Waals surface area (Å²) >= 11 is 0. The highest BCUT2D eigenvalue weighted by molar-refractivity contribution is 5.82. The Morgan fingerprint density at radius 2 is 2.57 bits per heavy atom. The minimum atomic E-state index is -0.0162. The van der Waals surface area contributed by atoms with Gasteiger partial charge in [-0.15, -0.1) is 0 Å². The van der Waals surface area contributed by atoms with Gasteiger partial charge in [0.1, 0.15) is 0 Å². The van der Waals surface area contributed by atoms with Gasteiger partial charge in [-0.05, 0) is 0 Å². The number of carbonyl (C=O) groups is 1. The van der Waals surface area contributed by atoms with Crippen LogP contribution in [0, 0.1) is 0 Å². The fraction of sp³-hybridized carbons (Fsp3) is 0.250. The molecule has 3 heteroatoms. The van der Waals surface area contributed by atoms with Crippen molar-refractivity contribution in [3.05, 3.63) is 11.9 Å². The molecule has 0 spiro atoms. The summed E-state index contributed by atoms with van der Waals surface area (Å²) in [6, 6.07) is 0. The lowest BCUT2D eigenvalue weighted by atomic mass is 10.4. The lowest BCUT2D eigenvalue weighted by Gasteiger charge is -1.80. The normalized spacial score (nSPS) is 18.9. The Bertz CT molecular complexity index is 128. The van der Waals surface area contributed by atoms with E-state index >= 15 is 0 Å². The number of carbonyl (C=O) groups excluding carboxylic acids is 1. The van der Waals surface area contributed by atoms with Crippen molar-refractivity contribution in [1.82, 2.24) is 5.32 Å². The van der Waals surface area contributed by atoms with E-state index in [1.54, 1.807) is 0 Å². The summed E-state index contributed by atoms with van der Waals surface area (Å²) < 4.78 is 0. The van der Waals surface area contributed by atoms with Crippen molar-refractivity contribution in [2.45, 2.75) is 6.42 Å². The van der Waals surface area contributed by atoms with Crippen molar-refractivity contribution in [2.75, 3.05) is 0 Å². The number of hydrogen-bond donors (Lipinski definition) is 2. The molecule has 1 amide bonds. The predicted octanol–water partition coefficient (Wildman–Crippen LogP) is -0.694. The van der Waals surface area contributed by atoms with E-state index in [-0.39, 0.29) is 5.91 Å². The molecule has 3 N–H and O–H groups in total. The van der Waals surface area contributed by atoms with E-state index in [0.717, 1.165) is 0 Å². The van der Waals surface area contributed by atoms with Crippen molar-refractivity contribution in [3.63, 3.8) is 0 Å². The van der Waals surface area contributed by atoms with Crippen molar-refractivity contribution in [2.24, 2.45) is 5.73 Å². The molecule has 0 fully saturated rings. The molecule has 0 aromatic carbocycles. The number of hydrogen-bond acceptors (Lipinski definition) is 2. The van der Waals surface area contributed by atoms with Gasteiger partial charge < -0.3 is 11.1 Å². The van der Waals surface area contributed by atoms with E-state index in [2.05, 4.69) is 5.32 Å². The smallest absolute Gasteiger partial charge is 0.229 e. The number of nitrogens with one attached hydrogen (secondary N) is 1. The zero-order valence-electron chi connectivity index (χ0n) is 3.77. The minimum absolute atomic E-state index is 0.0162. The van der Waals surface area contributed by atoms with E-state index in [4.69, 9.17) is 5.73 Å². The van der Waals surface area contributed by atoms with Crippen LogP contribution in [-0.4, -0.2) is 5.91 Å². The average molecular weight is 98.1 g/mol. The second-order valence-corrected chi connectivity index (χ2v) is 1.46. The Labute approximate surface area is 41.2 Å². The Morgan fingerprint density at radius 3 is 2.71 bits per heavy atom. The van der Waals surface area contributed by atoms with Crippen molar-refractivity contribution in [1.29, 1.82) is 0 Å². The van der Waals surface area contributed by atoms with Gasteiger partial charge >= 0.3 is 0 Å². The van der Waals surface area contributed by atoms with E-state index in [1.807, 2.05) is 0 Å². The van der Waals surface area contributed by atoms with E-state index in [9.17, 15) is 4.79 Å². The SMILES string of the molecule is NC1=CNC(=O)C1. The summed E-state index contributed by atoms with van der Waals surface area (Å²) in [5.41, 5.74) is 5.82. The first-order chi connectivity index (χ1) is 3.29. The maximum absolute atomic E-state index is 10.2. The van der Waals surface area contributed by atoms with Gasteiger partial charge in [-0.3, -0.25) is 4.79 Å². The lowest BCUT2D eigenvalue weighted by Crippen LogP contribution is -2.08. The number of amides is 1. The molecular formula is C4H6N2O. The van der Waals surface area contributed by atoms with Gasteiger partial charge in [0.2, 0.25) is 5.91 Å². The predicted molar refractivity (Wildman–Crippen MR) is 25.0 cm³/mol. The largest absolute Gasteiger partial charge is 0.400 e. The highest BCUT2D eigenvalue weighted by Crippen LogP contribution is 1.96. The monoisotopic (exact) mass is 98.0 g/mol. The molecule has 0 aliphatic carbocycles. The summed E-state index contributed by atoms with van der Waals surface area (Å²) in [5.74, 6) is -0.0162. The topological polar surface area (TPSA) is 55.1 Å². The van der Waals surface area contributed by atoms with Crippen LogP contribution in [0.15, 0.2) is 11.9 Å². The molecule has 38 valence electrons. The molecule has 1 aliphatic heterocycles. The zero-order chi connectivity index (χ0) is 5.28. The fourth-order valence-electron chi connectivity index (χ4n) is 0.461. The van der Waals surface area contributed by atoms with Gasteiger partial charge in [0.25, 0.3) is 0 Å². The van der Waals surface area contributed by atoms with Crippen LogP contribution in [0.4, 0.5) is 0 Å². The van der Waals surface area contributed by atoms with Crippen molar-refractivity contribution >= 4 is 5.91 Å². The van der Waals surface area contributed by atoms with Gasteiger partial charge in [0.15, 0.2) is 0 Å². The molecule has 1 aliphatic rings. The van der Waals surface area contributed by atoms with Crippen molar-refractivity contribution in [3.8, 4) is 0 Å². The van der Waals surface area contributed by atoms with Crippen LogP contribution in [0.1, 0.15) is 6.42 Å². The van der Waals surface area contributed by atoms with Crippen LogP contribution in [0.2, 0.25) is 0 Å². The first kappa shape index (κ1) is 4.18. The summed E-state index contributed by atoms with van der Waals surface area (Å²) in [6.45, 7) is 0. The summed E-state index contributed by atoms with van der Waals surface area (Å²) in [5, 5.41) is 2.44. The second kappa shape index (κ2) is 1.26. The highest BCUT2D eigenvalue weighted by atomic mass is 16.1. The fourth-order valence-corrected chi connectivity index (χ4v) is 0.461. The van der Waals surface area contributed by atoms with Crippen LogP contribution in [0.5, 0.6) is 0 Å².